The monoisotopic (exact) mass is 311 g/mol. The molecule has 0 aliphatic heterocycles. The third kappa shape index (κ3) is 4.28. The van der Waals surface area contributed by atoms with E-state index in [0.29, 0.717) is 18.3 Å². The van der Waals surface area contributed by atoms with E-state index in [0.717, 1.165) is 25.7 Å². The van der Waals surface area contributed by atoms with Gasteiger partial charge in [-0.25, -0.2) is 8.78 Å². The van der Waals surface area contributed by atoms with Gasteiger partial charge in [-0.05, 0) is 37.5 Å². The van der Waals surface area contributed by atoms with Crippen molar-refractivity contribution in [2.45, 2.75) is 63.4 Å². The van der Waals surface area contributed by atoms with Crippen molar-refractivity contribution in [1.29, 1.82) is 5.26 Å². The third-order valence-corrected chi connectivity index (χ3v) is 4.88. The van der Waals surface area contributed by atoms with Crippen molar-refractivity contribution in [2.24, 2.45) is 17.8 Å². The largest absolute Gasteiger partial charge is 0.462 e. The molecule has 0 heterocycles. The van der Waals surface area contributed by atoms with Gasteiger partial charge in [-0.2, -0.15) is 5.26 Å². The van der Waals surface area contributed by atoms with Gasteiger partial charge in [0, 0.05) is 19.3 Å². The first kappa shape index (κ1) is 16.9. The molecule has 2 atom stereocenters. The van der Waals surface area contributed by atoms with Gasteiger partial charge in [0.1, 0.15) is 24.4 Å². The number of halogens is 2. The first-order valence-electron chi connectivity index (χ1n) is 8.03. The minimum absolute atomic E-state index is 0.0758. The molecule has 0 bridgehead atoms. The second kappa shape index (κ2) is 7.71. The number of allylic oxidation sites excluding steroid dienone is 1. The van der Waals surface area contributed by atoms with Gasteiger partial charge in [-0.15, -0.1) is 6.58 Å². The quantitative estimate of drug-likeness (QED) is 0.584. The van der Waals surface area contributed by atoms with E-state index in [1.807, 2.05) is 6.08 Å². The van der Waals surface area contributed by atoms with Crippen molar-refractivity contribution in [3.05, 3.63) is 12.7 Å². The van der Waals surface area contributed by atoms with Crippen molar-refractivity contribution in [3.8, 4) is 6.07 Å². The van der Waals surface area contributed by atoms with E-state index in [9.17, 15) is 13.6 Å². The Bertz CT molecular complexity index is 428. The molecule has 2 fully saturated rings. The Balaban J connectivity index is 1.76. The lowest BCUT2D eigenvalue weighted by Gasteiger charge is -2.31. The van der Waals surface area contributed by atoms with Gasteiger partial charge in [0.25, 0.3) is 0 Å². The van der Waals surface area contributed by atoms with Gasteiger partial charge in [-0.1, -0.05) is 6.08 Å². The summed E-state index contributed by atoms with van der Waals surface area (Å²) in [5.74, 6) is -0.777. The van der Waals surface area contributed by atoms with Crippen LogP contribution in [-0.4, -0.2) is 24.4 Å². The summed E-state index contributed by atoms with van der Waals surface area (Å²) in [6.45, 7) is 3.79. The van der Waals surface area contributed by atoms with Gasteiger partial charge >= 0.3 is 5.97 Å². The number of rotatable bonds is 4. The van der Waals surface area contributed by atoms with E-state index < -0.39 is 24.4 Å². The highest BCUT2D eigenvalue weighted by Crippen LogP contribution is 2.33. The molecule has 22 heavy (non-hydrogen) atoms. The second-order valence-electron chi connectivity index (χ2n) is 6.49. The molecule has 122 valence electrons. The molecule has 0 radical (unpaired) electrons. The molecule has 0 N–H and O–H groups in total. The number of esters is 1. The Hall–Kier alpha value is -1.44. The molecule has 5 heteroatoms. The number of nitriles is 1. The van der Waals surface area contributed by atoms with Crippen LogP contribution >= 0.6 is 0 Å². The molecule has 2 aliphatic rings. The fraction of sp³-hybridized carbons (Fsp3) is 0.765. The van der Waals surface area contributed by atoms with E-state index >= 15 is 0 Å². The van der Waals surface area contributed by atoms with E-state index in [4.69, 9.17) is 10.00 Å². The molecule has 0 aromatic carbocycles. The van der Waals surface area contributed by atoms with Crippen LogP contribution in [0.15, 0.2) is 12.7 Å². The molecular weight excluding hydrogens is 288 g/mol. The minimum Gasteiger partial charge on any atom is -0.462 e. The molecule has 2 saturated carbocycles. The first-order valence-corrected chi connectivity index (χ1v) is 8.03. The molecular formula is C17H23F2NO2. The van der Waals surface area contributed by atoms with Gasteiger partial charge < -0.3 is 4.74 Å². The smallest absolute Gasteiger partial charge is 0.306 e. The van der Waals surface area contributed by atoms with Crippen LogP contribution in [0.4, 0.5) is 8.78 Å². The van der Waals surface area contributed by atoms with Gasteiger partial charge in [-0.3, -0.25) is 4.79 Å². The van der Waals surface area contributed by atoms with Crippen LogP contribution in [0.2, 0.25) is 0 Å². The number of hydrogen-bond donors (Lipinski definition) is 0. The molecule has 0 aromatic rings. The Morgan fingerprint density at radius 3 is 2.32 bits per heavy atom. The number of hydrogen-bond acceptors (Lipinski definition) is 3. The predicted molar refractivity (Wildman–Crippen MR) is 78.3 cm³/mol. The fourth-order valence-corrected chi connectivity index (χ4v) is 3.47. The molecule has 0 saturated heterocycles. The highest BCUT2D eigenvalue weighted by Gasteiger charge is 2.40. The highest BCUT2D eigenvalue weighted by molar-refractivity contribution is 5.69. The Morgan fingerprint density at radius 2 is 1.82 bits per heavy atom. The van der Waals surface area contributed by atoms with Crippen LogP contribution in [0.25, 0.3) is 0 Å². The van der Waals surface area contributed by atoms with E-state index in [1.165, 1.54) is 0 Å². The number of ether oxygens (including phenoxy) is 1. The summed E-state index contributed by atoms with van der Waals surface area (Å²) in [4.78, 5) is 11.9. The summed E-state index contributed by atoms with van der Waals surface area (Å²) in [6, 6.07) is 1.65. The maximum atomic E-state index is 13.7. The zero-order chi connectivity index (χ0) is 16.1. The van der Waals surface area contributed by atoms with E-state index in [2.05, 4.69) is 6.58 Å². The van der Waals surface area contributed by atoms with Gasteiger partial charge in [0.05, 0.1) is 6.07 Å². The molecule has 2 aliphatic carbocycles. The summed E-state index contributed by atoms with van der Waals surface area (Å²) in [7, 11) is 0. The Kier molecular flexibility index (Phi) is 5.93. The number of carbonyl (C=O) groups excluding carboxylic acids is 1. The Morgan fingerprint density at radius 1 is 1.23 bits per heavy atom. The summed E-state index contributed by atoms with van der Waals surface area (Å²) in [5, 5.41) is 8.71. The number of carbonyl (C=O) groups is 1. The van der Waals surface area contributed by atoms with Crippen molar-refractivity contribution >= 4 is 5.97 Å². The van der Waals surface area contributed by atoms with Crippen LogP contribution in [0, 0.1) is 29.1 Å². The average molecular weight is 311 g/mol. The van der Waals surface area contributed by atoms with Crippen molar-refractivity contribution in [2.75, 3.05) is 0 Å². The number of nitrogens with zero attached hydrogens (tertiary/aromatic N) is 1. The van der Waals surface area contributed by atoms with Crippen LogP contribution in [-0.2, 0) is 9.53 Å². The van der Waals surface area contributed by atoms with Gasteiger partial charge in [0.2, 0.25) is 0 Å². The minimum atomic E-state index is -1.56. The first-order chi connectivity index (χ1) is 10.5. The molecule has 0 spiro atoms. The molecule has 3 nitrogen and oxygen atoms in total. The van der Waals surface area contributed by atoms with E-state index in [1.54, 1.807) is 6.07 Å². The predicted octanol–water partition coefficient (Wildman–Crippen LogP) is 3.89. The van der Waals surface area contributed by atoms with Crippen molar-refractivity contribution in [1.82, 2.24) is 0 Å². The summed E-state index contributed by atoms with van der Waals surface area (Å²) in [5.41, 5.74) is 0. The molecule has 0 aromatic heterocycles. The Labute approximate surface area is 130 Å². The average Bonchev–Trinajstić information content (AvgIpc) is 2.47. The maximum Gasteiger partial charge on any atom is 0.306 e. The van der Waals surface area contributed by atoms with Crippen LogP contribution < -0.4 is 0 Å². The SMILES string of the molecule is C=CC1CCC(CC(=O)OC2CC(F)C(C#N)C(F)C2)CC1. The topological polar surface area (TPSA) is 50.1 Å². The molecule has 2 unspecified atom stereocenters. The maximum absolute atomic E-state index is 13.7. The van der Waals surface area contributed by atoms with Crippen molar-refractivity contribution in [3.63, 3.8) is 0 Å². The fourth-order valence-electron chi connectivity index (χ4n) is 3.47. The van der Waals surface area contributed by atoms with Crippen LogP contribution in [0.1, 0.15) is 44.9 Å². The molecule has 0 amide bonds. The lowest BCUT2D eigenvalue weighted by atomic mass is 9.80. The van der Waals surface area contributed by atoms with Gasteiger partial charge in [0.15, 0.2) is 0 Å². The highest BCUT2D eigenvalue weighted by atomic mass is 19.1. The standard InChI is InChI=1S/C17H23F2NO2/c1-2-11-3-5-12(6-4-11)7-17(21)22-13-8-15(18)14(10-20)16(19)9-13/h2,11-16H,1,3-9H2. The summed E-state index contributed by atoms with van der Waals surface area (Å²) in [6.07, 6.45) is 2.26. The third-order valence-electron chi connectivity index (χ3n) is 4.88. The number of alkyl halides is 2. The normalized spacial score (nSPS) is 38.8. The van der Waals surface area contributed by atoms with Crippen molar-refractivity contribution < 1.29 is 18.3 Å². The second-order valence-corrected chi connectivity index (χ2v) is 6.49. The molecule has 2 rings (SSSR count). The lowest BCUT2D eigenvalue weighted by Crippen LogP contribution is -2.39. The van der Waals surface area contributed by atoms with Crippen LogP contribution in [0.5, 0.6) is 0 Å². The van der Waals surface area contributed by atoms with Crippen LogP contribution in [0.3, 0.4) is 0 Å². The lowest BCUT2D eigenvalue weighted by molar-refractivity contribution is -0.155. The zero-order valence-electron chi connectivity index (χ0n) is 12.7. The summed E-state index contributed by atoms with van der Waals surface area (Å²) >= 11 is 0. The van der Waals surface area contributed by atoms with E-state index in [-0.39, 0.29) is 18.8 Å². The zero-order valence-corrected chi connectivity index (χ0v) is 12.7. The summed E-state index contributed by atoms with van der Waals surface area (Å²) < 4.78 is 32.6.